The Hall–Kier alpha value is -1.64. The Balaban J connectivity index is 0.000000278. The van der Waals surface area contributed by atoms with E-state index in [-0.39, 0.29) is 24.4 Å². The fourth-order valence-electron chi connectivity index (χ4n) is 5.11. The number of unbranched alkanes of at least 4 members (excludes halogenated alkanes) is 1. The second kappa shape index (κ2) is 20.6. The molecule has 0 N–H and O–H groups in total. The molecule has 2 fully saturated rings. The summed E-state index contributed by atoms with van der Waals surface area (Å²) in [6, 6.07) is 20.9. The van der Waals surface area contributed by atoms with Gasteiger partial charge in [-0.05, 0) is 111 Å². The molecule has 2 aliphatic rings. The van der Waals surface area contributed by atoms with E-state index in [9.17, 15) is 35.1 Å². The average molecular weight is 891 g/mol. The summed E-state index contributed by atoms with van der Waals surface area (Å²) in [4.78, 5) is -3.73. The van der Waals surface area contributed by atoms with Gasteiger partial charge < -0.3 is 6.92 Å². The van der Waals surface area contributed by atoms with Crippen LogP contribution in [0.2, 0.25) is 0 Å². The second-order valence-electron chi connectivity index (χ2n) is 11.8. The largest absolute Gasteiger partial charge is 1.00 e. The van der Waals surface area contributed by atoms with E-state index in [0.717, 1.165) is 43.0 Å². The topological polar surface area (TPSA) is 0 Å². The van der Waals surface area contributed by atoms with E-state index in [0.29, 0.717) is 23.0 Å². The maximum atomic E-state index is 13.8. The molecule has 0 spiro atoms. The van der Waals surface area contributed by atoms with Gasteiger partial charge in [0.15, 0.2) is 0 Å². The van der Waals surface area contributed by atoms with E-state index < -0.39 is 37.4 Å². The normalized spacial score (nSPS) is 14.3. The van der Waals surface area contributed by atoms with Crippen molar-refractivity contribution in [1.82, 2.24) is 0 Å². The summed E-state index contributed by atoms with van der Waals surface area (Å²) in [5.74, 6) is -2.35. The van der Waals surface area contributed by atoms with Crippen molar-refractivity contribution >= 4 is 47.8 Å². The van der Waals surface area contributed by atoms with Crippen LogP contribution >= 0.6 is 47.8 Å². The smallest absolute Gasteiger partial charge is 0.343 e. The molecule has 266 valence electrons. The average Bonchev–Trinajstić information content (AvgIpc) is 2.94. The van der Waals surface area contributed by atoms with Gasteiger partial charge in [-0.3, -0.25) is 0 Å². The molecule has 12 heteroatoms. The van der Waals surface area contributed by atoms with Gasteiger partial charge in [-0.25, -0.2) is 17.6 Å². The zero-order valence-electron chi connectivity index (χ0n) is 27.7. The summed E-state index contributed by atoms with van der Waals surface area (Å²) in [5.41, 5.74) is 3.58. The fourth-order valence-corrected chi connectivity index (χ4v) is 5.49. The van der Waals surface area contributed by atoms with Gasteiger partial charge in [-0.1, -0.05) is 74.7 Å². The van der Waals surface area contributed by atoms with Crippen LogP contribution in [0.3, 0.4) is 0 Å². The number of hydrogen-bond donors (Lipinski definition) is 0. The number of benzene rings is 4. The Kier molecular flexibility index (Phi) is 18.3. The molecule has 50 heavy (non-hydrogen) atoms. The molecule has 0 aliphatic heterocycles. The third kappa shape index (κ3) is 14.4. The van der Waals surface area contributed by atoms with E-state index in [1.807, 2.05) is 72.1 Å². The van der Waals surface area contributed by atoms with E-state index in [4.69, 9.17) is 0 Å². The van der Waals surface area contributed by atoms with E-state index in [1.54, 1.807) is 12.1 Å². The molecular weight excluding hydrogens is 855 g/mol. The van der Waals surface area contributed by atoms with E-state index in [2.05, 4.69) is 26.0 Å². The first-order valence-corrected chi connectivity index (χ1v) is 18.2. The quantitative estimate of drug-likeness (QED) is 0.0783. The Morgan fingerprint density at radius 1 is 0.600 bits per heavy atom. The van der Waals surface area contributed by atoms with Gasteiger partial charge in [0.05, 0.1) is 0 Å². The number of rotatable bonds is 6. The number of alkyl halides is 7. The minimum Gasteiger partial charge on any atom is -0.343 e. The first kappa shape index (κ1) is 44.5. The van der Waals surface area contributed by atoms with Crippen molar-refractivity contribution < 1.29 is 54.0 Å². The van der Waals surface area contributed by atoms with Crippen molar-refractivity contribution in [3.05, 3.63) is 126 Å². The van der Waals surface area contributed by atoms with Gasteiger partial charge in [-0.2, -0.15) is 24.0 Å². The zero-order chi connectivity index (χ0) is 36.4. The van der Waals surface area contributed by atoms with Gasteiger partial charge in [-0.15, -0.1) is 0 Å². The summed E-state index contributed by atoms with van der Waals surface area (Å²) in [6.07, 6.45) is 9.66. The van der Waals surface area contributed by atoms with Gasteiger partial charge >= 0.3 is 27.4 Å². The van der Waals surface area contributed by atoms with Crippen LogP contribution in [-0.4, -0.2) is 3.74 Å². The SMILES string of the molecule is FC(F)(Br)Br.Fc1cc(-c2ccc(C3CCC3)cc2)cc(F)c1C(F)(F)Br.Fc1cc(F)cc(-c2ccc(C3CCC3)cc2)c1.[CH2-]CCC.[Li+]. The van der Waals surface area contributed by atoms with Crippen molar-refractivity contribution in [1.29, 1.82) is 0 Å². The van der Waals surface area contributed by atoms with Crippen LogP contribution in [0, 0.1) is 30.2 Å². The maximum absolute atomic E-state index is 13.8. The van der Waals surface area contributed by atoms with Crippen LogP contribution in [0.5, 0.6) is 0 Å². The van der Waals surface area contributed by atoms with Crippen molar-refractivity contribution in [2.75, 3.05) is 0 Å². The van der Waals surface area contributed by atoms with Crippen LogP contribution in [0.4, 0.5) is 35.1 Å². The molecule has 0 amide bonds. The molecule has 2 aliphatic carbocycles. The molecule has 0 aromatic heterocycles. The predicted molar refractivity (Wildman–Crippen MR) is 193 cm³/mol. The first-order valence-electron chi connectivity index (χ1n) is 15.8. The van der Waals surface area contributed by atoms with Crippen molar-refractivity contribution in [3.8, 4) is 22.3 Å². The molecule has 0 heterocycles. The molecule has 2 saturated carbocycles. The minimum atomic E-state index is -3.73. The van der Waals surface area contributed by atoms with Crippen molar-refractivity contribution in [2.24, 2.45) is 0 Å². The summed E-state index contributed by atoms with van der Waals surface area (Å²) in [6.45, 7) is 5.72. The second-order valence-corrected chi connectivity index (χ2v) is 15.8. The monoisotopic (exact) mass is 888 g/mol. The Labute approximate surface area is 326 Å². The third-order valence-corrected chi connectivity index (χ3v) is 8.58. The maximum Gasteiger partial charge on any atom is 1.00 e. The van der Waals surface area contributed by atoms with Gasteiger partial charge in [0.25, 0.3) is 0 Å². The Morgan fingerprint density at radius 3 is 1.18 bits per heavy atom. The fraction of sp³-hybridized carbons (Fsp3) is 0.342. The van der Waals surface area contributed by atoms with Crippen molar-refractivity contribution in [3.63, 3.8) is 0 Å². The molecule has 0 unspecified atom stereocenters. The molecule has 0 radical (unpaired) electrons. The molecule has 4 aromatic rings. The first-order chi connectivity index (χ1) is 23.0. The van der Waals surface area contributed by atoms with E-state index >= 15 is 0 Å². The minimum absolute atomic E-state index is 0. The summed E-state index contributed by atoms with van der Waals surface area (Å²) < 4.78 is 99.0. The molecule has 0 nitrogen and oxygen atoms in total. The van der Waals surface area contributed by atoms with Gasteiger partial charge in [0.1, 0.15) is 28.8 Å². The standard InChI is InChI=1S/C17H13BrF4.C16H14F2.C4H9.CBr2F2.Li/c18-17(21,22)16-14(19)8-13(9-15(16)20)12-6-4-11(5-7-12)10-2-1-3-10;17-15-8-14(9-16(18)10-15)13-6-4-12(5-7-13)11-2-1-3-11;1-3-4-2;2-1(3,4)5;/h4-10H,1-3H2;4-11H,1-3H2;1,3-4H2,2H3;;/q;;-1;;+1. The molecular formula is C38H36Br3F8Li. The van der Waals surface area contributed by atoms with Crippen LogP contribution in [0.15, 0.2) is 78.9 Å². The number of halogens is 11. The molecule has 4 aromatic carbocycles. The summed E-state index contributed by atoms with van der Waals surface area (Å²) in [7, 11) is 0. The molecule has 0 atom stereocenters. The van der Waals surface area contributed by atoms with Crippen LogP contribution in [0.25, 0.3) is 22.3 Å². The molecule has 0 saturated heterocycles. The molecule has 0 bridgehead atoms. The van der Waals surface area contributed by atoms with Gasteiger partial charge in [0, 0.05) is 37.9 Å². The Morgan fingerprint density at radius 2 is 0.920 bits per heavy atom. The summed E-state index contributed by atoms with van der Waals surface area (Å²) >= 11 is 5.91. The van der Waals surface area contributed by atoms with Crippen LogP contribution in [-0.2, 0) is 4.83 Å². The Bertz CT molecular complexity index is 1560. The van der Waals surface area contributed by atoms with Crippen LogP contribution < -0.4 is 18.9 Å². The van der Waals surface area contributed by atoms with Gasteiger partial charge in [0.2, 0.25) is 0 Å². The molecule has 6 rings (SSSR count). The number of hydrogen-bond acceptors (Lipinski definition) is 0. The van der Waals surface area contributed by atoms with Crippen LogP contribution in [0.1, 0.15) is 86.8 Å². The zero-order valence-corrected chi connectivity index (χ0v) is 32.4. The van der Waals surface area contributed by atoms with E-state index in [1.165, 1.54) is 55.4 Å². The third-order valence-electron chi connectivity index (χ3n) is 8.18. The van der Waals surface area contributed by atoms with Crippen molar-refractivity contribution in [2.45, 2.75) is 78.7 Å². The predicted octanol–water partition coefficient (Wildman–Crippen LogP) is 12.2. The summed E-state index contributed by atoms with van der Waals surface area (Å²) in [5, 5.41) is 0.